The van der Waals surface area contributed by atoms with Crippen LogP contribution in [0.5, 0.6) is 0 Å². The smallest absolute Gasteiger partial charge is 0.323 e. The summed E-state index contributed by atoms with van der Waals surface area (Å²) in [6.45, 7) is 6.13. The van der Waals surface area contributed by atoms with Crippen molar-refractivity contribution in [2.75, 3.05) is 5.32 Å². The number of aromatic nitrogens is 4. The second-order valence-corrected chi connectivity index (χ2v) is 5.42. The van der Waals surface area contributed by atoms with Gasteiger partial charge in [0.1, 0.15) is 0 Å². The number of hydrogen-bond acceptors (Lipinski definition) is 3. The Morgan fingerprint density at radius 2 is 1.95 bits per heavy atom. The third kappa shape index (κ3) is 2.33. The Hall–Kier alpha value is -2.50. The van der Waals surface area contributed by atoms with Crippen molar-refractivity contribution in [1.82, 2.24) is 19.7 Å². The van der Waals surface area contributed by atoms with Crippen LogP contribution in [0.3, 0.4) is 0 Å². The molecule has 0 spiro atoms. The number of fused-ring (bicyclic) bond motifs is 1. The highest BCUT2D eigenvalue weighted by molar-refractivity contribution is 5.75. The fraction of sp³-hybridized carbons (Fsp3) is 0.333. The molecule has 0 bridgehead atoms. The van der Waals surface area contributed by atoms with Gasteiger partial charge in [0.2, 0.25) is 0 Å². The van der Waals surface area contributed by atoms with E-state index >= 15 is 0 Å². The number of benzene rings is 1. The zero-order valence-electron chi connectivity index (χ0n) is 12.6. The maximum Gasteiger partial charge on any atom is 0.323 e. The molecule has 0 aliphatic heterocycles. The number of rotatable bonds is 3. The van der Waals surface area contributed by atoms with Gasteiger partial charge in [-0.2, -0.15) is 5.10 Å². The Morgan fingerprint density at radius 1 is 1.24 bits per heavy atom. The van der Waals surface area contributed by atoms with Crippen LogP contribution < -0.4 is 11.0 Å². The summed E-state index contributed by atoms with van der Waals surface area (Å²) in [5, 5.41) is 7.91. The van der Waals surface area contributed by atoms with Gasteiger partial charge in [-0.15, -0.1) is 0 Å². The van der Waals surface area contributed by atoms with Crippen LogP contribution in [0, 0.1) is 13.8 Å². The Morgan fingerprint density at radius 3 is 2.62 bits per heavy atom. The number of H-pyrrole nitrogens is 2. The van der Waals surface area contributed by atoms with E-state index in [4.69, 9.17) is 0 Å². The molecular formula is C15H19N5O. The van der Waals surface area contributed by atoms with Crippen LogP contribution in [-0.4, -0.2) is 19.7 Å². The van der Waals surface area contributed by atoms with Gasteiger partial charge in [-0.1, -0.05) is 6.07 Å². The van der Waals surface area contributed by atoms with Crippen molar-refractivity contribution in [2.24, 2.45) is 7.05 Å². The summed E-state index contributed by atoms with van der Waals surface area (Å²) in [6, 6.07) is 6.05. The van der Waals surface area contributed by atoms with E-state index in [1.54, 1.807) is 0 Å². The highest BCUT2D eigenvalue weighted by Crippen LogP contribution is 2.25. The molecule has 3 aromatic rings. The average molecular weight is 285 g/mol. The standard InChI is InChI=1S/C15H19N5O/c1-8(16-14-9(2)19-20(4)10(14)3)11-5-6-12-13(7-11)18-15(21)17-12/h5-8,16H,1-4H3,(H2,17,18,21). The van der Waals surface area contributed by atoms with E-state index in [1.165, 1.54) is 0 Å². The second-order valence-electron chi connectivity index (χ2n) is 5.42. The monoisotopic (exact) mass is 285 g/mol. The lowest BCUT2D eigenvalue weighted by molar-refractivity contribution is 0.731. The molecule has 21 heavy (non-hydrogen) atoms. The first-order chi connectivity index (χ1) is 9.95. The summed E-state index contributed by atoms with van der Waals surface area (Å²) in [6.07, 6.45) is 0. The van der Waals surface area contributed by atoms with Crippen LogP contribution in [-0.2, 0) is 7.05 Å². The van der Waals surface area contributed by atoms with Gasteiger partial charge >= 0.3 is 5.69 Å². The predicted octanol–water partition coefficient (Wildman–Crippen LogP) is 2.38. The van der Waals surface area contributed by atoms with Crippen molar-refractivity contribution in [3.05, 3.63) is 45.6 Å². The summed E-state index contributed by atoms with van der Waals surface area (Å²) in [5.41, 5.74) is 5.73. The molecule has 2 aromatic heterocycles. The predicted molar refractivity (Wildman–Crippen MR) is 83.6 cm³/mol. The molecule has 2 heterocycles. The maximum absolute atomic E-state index is 11.3. The van der Waals surface area contributed by atoms with Crippen molar-refractivity contribution in [2.45, 2.75) is 26.8 Å². The quantitative estimate of drug-likeness (QED) is 0.691. The fourth-order valence-corrected chi connectivity index (χ4v) is 2.60. The summed E-state index contributed by atoms with van der Waals surface area (Å²) < 4.78 is 1.87. The van der Waals surface area contributed by atoms with Gasteiger partial charge in [0, 0.05) is 13.1 Å². The Balaban J connectivity index is 1.92. The Bertz CT molecular complexity index is 855. The number of nitrogens with one attached hydrogen (secondary N) is 3. The van der Waals surface area contributed by atoms with E-state index < -0.39 is 0 Å². The second kappa shape index (κ2) is 4.80. The zero-order chi connectivity index (χ0) is 15.1. The number of imidazole rings is 1. The minimum absolute atomic E-state index is 0.120. The van der Waals surface area contributed by atoms with E-state index in [0.717, 1.165) is 33.7 Å². The van der Waals surface area contributed by atoms with Crippen LogP contribution in [0.4, 0.5) is 5.69 Å². The molecule has 0 aliphatic rings. The Kier molecular flexibility index (Phi) is 3.08. The average Bonchev–Trinajstić information content (AvgIpc) is 2.91. The van der Waals surface area contributed by atoms with E-state index in [1.807, 2.05) is 43.8 Å². The highest BCUT2D eigenvalue weighted by atomic mass is 16.1. The largest absolute Gasteiger partial charge is 0.376 e. The normalized spacial score (nSPS) is 12.8. The van der Waals surface area contributed by atoms with Gasteiger partial charge in [0.15, 0.2) is 0 Å². The molecule has 3 rings (SSSR count). The van der Waals surface area contributed by atoms with Crippen molar-refractivity contribution in [3.63, 3.8) is 0 Å². The van der Waals surface area contributed by atoms with Crippen LogP contribution in [0.25, 0.3) is 11.0 Å². The first kappa shape index (κ1) is 13.5. The van der Waals surface area contributed by atoms with E-state index in [0.29, 0.717) is 0 Å². The lowest BCUT2D eigenvalue weighted by atomic mass is 10.1. The van der Waals surface area contributed by atoms with E-state index in [-0.39, 0.29) is 11.7 Å². The van der Waals surface area contributed by atoms with E-state index in [2.05, 4.69) is 27.3 Å². The molecule has 6 heteroatoms. The molecule has 0 radical (unpaired) electrons. The number of hydrogen-bond donors (Lipinski definition) is 3. The summed E-state index contributed by atoms with van der Waals surface area (Å²) >= 11 is 0. The molecular weight excluding hydrogens is 266 g/mol. The molecule has 1 atom stereocenters. The van der Waals surface area contributed by atoms with Gasteiger partial charge in [-0.05, 0) is 38.5 Å². The Labute approximate surface area is 122 Å². The maximum atomic E-state index is 11.3. The lowest BCUT2D eigenvalue weighted by Gasteiger charge is -2.16. The van der Waals surface area contributed by atoms with Gasteiger partial charge in [0.25, 0.3) is 0 Å². The minimum atomic E-state index is -0.179. The van der Waals surface area contributed by atoms with Crippen LogP contribution >= 0.6 is 0 Å². The van der Waals surface area contributed by atoms with Crippen LogP contribution in [0.2, 0.25) is 0 Å². The number of aromatic amines is 2. The lowest BCUT2D eigenvalue weighted by Crippen LogP contribution is -2.08. The van der Waals surface area contributed by atoms with Crippen molar-refractivity contribution in [3.8, 4) is 0 Å². The van der Waals surface area contributed by atoms with Gasteiger partial charge in [-0.25, -0.2) is 4.79 Å². The molecule has 0 fully saturated rings. The number of aryl methyl sites for hydroxylation is 2. The van der Waals surface area contributed by atoms with Crippen molar-refractivity contribution < 1.29 is 0 Å². The summed E-state index contributed by atoms with van der Waals surface area (Å²) in [5.74, 6) is 0. The highest BCUT2D eigenvalue weighted by Gasteiger charge is 2.13. The minimum Gasteiger partial charge on any atom is -0.376 e. The molecule has 0 aliphatic carbocycles. The third-order valence-corrected chi connectivity index (χ3v) is 3.91. The molecule has 0 amide bonds. The molecule has 1 unspecified atom stereocenters. The first-order valence-electron chi connectivity index (χ1n) is 6.94. The zero-order valence-corrected chi connectivity index (χ0v) is 12.6. The van der Waals surface area contributed by atoms with Crippen LogP contribution in [0.1, 0.15) is 29.9 Å². The SMILES string of the molecule is Cc1nn(C)c(C)c1NC(C)c1ccc2[nH]c(=O)[nH]c2c1. The summed E-state index contributed by atoms with van der Waals surface area (Å²) in [4.78, 5) is 16.9. The third-order valence-electron chi connectivity index (χ3n) is 3.91. The molecule has 3 N–H and O–H groups in total. The molecule has 110 valence electrons. The van der Waals surface area contributed by atoms with Gasteiger partial charge in [-0.3, -0.25) is 4.68 Å². The van der Waals surface area contributed by atoms with Gasteiger partial charge < -0.3 is 15.3 Å². The molecule has 0 saturated carbocycles. The summed E-state index contributed by atoms with van der Waals surface area (Å²) in [7, 11) is 1.94. The van der Waals surface area contributed by atoms with Crippen LogP contribution in [0.15, 0.2) is 23.0 Å². The number of nitrogens with zero attached hydrogens (tertiary/aromatic N) is 2. The molecule has 0 saturated heterocycles. The van der Waals surface area contributed by atoms with Gasteiger partial charge in [0.05, 0.1) is 28.1 Å². The topological polar surface area (TPSA) is 78.5 Å². The van der Waals surface area contributed by atoms with Crippen molar-refractivity contribution in [1.29, 1.82) is 0 Å². The van der Waals surface area contributed by atoms with Crippen molar-refractivity contribution >= 4 is 16.7 Å². The fourth-order valence-electron chi connectivity index (χ4n) is 2.60. The first-order valence-corrected chi connectivity index (χ1v) is 6.94. The van der Waals surface area contributed by atoms with E-state index in [9.17, 15) is 4.79 Å². The molecule has 1 aromatic carbocycles. The number of anilines is 1. The molecule has 6 nitrogen and oxygen atoms in total.